The normalized spacial score (nSPS) is 15.9. The zero-order valence-electron chi connectivity index (χ0n) is 16.9. The fourth-order valence-corrected chi connectivity index (χ4v) is 4.13. The summed E-state index contributed by atoms with van der Waals surface area (Å²) in [6.45, 7) is 3.10. The average molecular weight is 384 g/mol. The van der Waals surface area contributed by atoms with Gasteiger partial charge in [-0.1, -0.05) is 24.3 Å². The molecule has 0 saturated carbocycles. The molecule has 6 nitrogen and oxygen atoms in total. The van der Waals surface area contributed by atoms with E-state index >= 15 is 0 Å². The summed E-state index contributed by atoms with van der Waals surface area (Å²) >= 11 is 0. The molecule has 3 heterocycles. The van der Waals surface area contributed by atoms with Gasteiger partial charge in [-0.15, -0.1) is 0 Å². The number of imidazole rings is 1. The van der Waals surface area contributed by atoms with Crippen LogP contribution in [0.4, 0.5) is 0 Å². The van der Waals surface area contributed by atoms with Gasteiger partial charge in [0.05, 0.1) is 16.4 Å². The minimum absolute atomic E-state index is 0.276. The summed E-state index contributed by atoms with van der Waals surface area (Å²) in [5, 5.41) is 9.91. The van der Waals surface area contributed by atoms with Gasteiger partial charge >= 0.3 is 0 Å². The Hall–Kier alpha value is -3.25. The summed E-state index contributed by atoms with van der Waals surface area (Å²) in [4.78, 5) is 14.8. The Morgan fingerprint density at radius 3 is 2.86 bits per heavy atom. The highest BCUT2D eigenvalue weighted by Gasteiger charge is 2.19. The van der Waals surface area contributed by atoms with Crippen molar-refractivity contribution in [3.05, 3.63) is 63.9 Å². The van der Waals surface area contributed by atoms with Gasteiger partial charge in [0.1, 0.15) is 5.69 Å². The second kappa shape index (κ2) is 6.97. The molecule has 1 aliphatic carbocycles. The number of fused-ring (bicyclic) bond motifs is 2. The molecule has 3 aromatic heterocycles. The predicted octanol–water partition coefficient (Wildman–Crippen LogP) is 2.47. The molecule has 0 aliphatic heterocycles. The van der Waals surface area contributed by atoms with E-state index in [-0.39, 0.29) is 5.92 Å². The highest BCUT2D eigenvalue weighted by atomic mass is 15.1. The van der Waals surface area contributed by atoms with Crippen molar-refractivity contribution in [1.82, 2.24) is 30.0 Å². The largest absolute Gasteiger partial charge is 0.337 e. The van der Waals surface area contributed by atoms with Crippen LogP contribution >= 0.6 is 0 Å². The lowest BCUT2D eigenvalue weighted by molar-refractivity contribution is 0.400. The van der Waals surface area contributed by atoms with E-state index in [1.165, 1.54) is 16.7 Å². The molecule has 1 unspecified atom stereocenters. The maximum absolute atomic E-state index is 4.74. The number of para-hydroxylation sites is 2. The SMILES string of the molecule is Cc1c(CN(C)C)cncc1C1C=c2c(-c3nc4ccccc4[nH]3)n[nH]c2=CC1. The maximum Gasteiger partial charge on any atom is 0.159 e. The molecule has 0 fully saturated rings. The van der Waals surface area contributed by atoms with Crippen LogP contribution in [-0.4, -0.2) is 44.1 Å². The van der Waals surface area contributed by atoms with Crippen molar-refractivity contribution in [2.24, 2.45) is 0 Å². The minimum atomic E-state index is 0.276. The Balaban J connectivity index is 1.59. The highest BCUT2D eigenvalue weighted by Crippen LogP contribution is 2.28. The van der Waals surface area contributed by atoms with E-state index in [9.17, 15) is 0 Å². The Morgan fingerprint density at radius 1 is 1.17 bits per heavy atom. The molecule has 0 radical (unpaired) electrons. The van der Waals surface area contributed by atoms with Crippen molar-refractivity contribution in [2.75, 3.05) is 14.1 Å². The van der Waals surface area contributed by atoms with Gasteiger partial charge in [0, 0.05) is 30.1 Å². The number of benzene rings is 1. The third-order valence-electron chi connectivity index (χ3n) is 5.64. The third kappa shape index (κ3) is 3.15. The van der Waals surface area contributed by atoms with Gasteiger partial charge in [0.25, 0.3) is 0 Å². The molecule has 4 aromatic rings. The van der Waals surface area contributed by atoms with Gasteiger partial charge in [0.2, 0.25) is 0 Å². The molecule has 1 aliphatic rings. The second-order valence-corrected chi connectivity index (χ2v) is 7.97. The molecule has 6 heteroatoms. The van der Waals surface area contributed by atoms with Crippen LogP contribution in [0.3, 0.4) is 0 Å². The quantitative estimate of drug-likeness (QED) is 0.567. The van der Waals surface area contributed by atoms with Crippen molar-refractivity contribution in [2.45, 2.75) is 25.8 Å². The lowest BCUT2D eigenvalue weighted by Crippen LogP contribution is -2.28. The lowest BCUT2D eigenvalue weighted by Gasteiger charge is -2.19. The number of nitrogens with zero attached hydrogens (tertiary/aromatic N) is 4. The van der Waals surface area contributed by atoms with E-state index in [1.807, 2.05) is 36.7 Å². The first-order chi connectivity index (χ1) is 14.1. The van der Waals surface area contributed by atoms with E-state index in [2.05, 4.69) is 58.2 Å². The van der Waals surface area contributed by atoms with Crippen LogP contribution in [0.25, 0.3) is 34.7 Å². The minimum Gasteiger partial charge on any atom is -0.337 e. The first-order valence-electron chi connectivity index (χ1n) is 9.90. The molecule has 5 rings (SSSR count). The van der Waals surface area contributed by atoms with Crippen molar-refractivity contribution >= 4 is 23.2 Å². The number of rotatable bonds is 4. The van der Waals surface area contributed by atoms with Gasteiger partial charge in [-0.2, -0.15) is 5.10 Å². The number of pyridine rings is 1. The summed E-state index contributed by atoms with van der Waals surface area (Å²) in [6.07, 6.45) is 9.47. The first-order valence-corrected chi connectivity index (χ1v) is 9.90. The molecule has 0 bridgehead atoms. The average Bonchev–Trinajstić information content (AvgIpc) is 3.32. The lowest BCUT2D eigenvalue weighted by atomic mass is 9.88. The highest BCUT2D eigenvalue weighted by molar-refractivity contribution is 5.78. The number of aromatic amines is 2. The van der Waals surface area contributed by atoms with E-state index in [0.717, 1.165) is 46.1 Å². The molecule has 2 N–H and O–H groups in total. The van der Waals surface area contributed by atoms with Crippen molar-refractivity contribution in [3.8, 4) is 11.5 Å². The van der Waals surface area contributed by atoms with Crippen LogP contribution in [-0.2, 0) is 6.54 Å². The van der Waals surface area contributed by atoms with Crippen molar-refractivity contribution in [1.29, 1.82) is 0 Å². The smallest absolute Gasteiger partial charge is 0.159 e. The summed E-state index contributed by atoms with van der Waals surface area (Å²) in [7, 11) is 4.17. The van der Waals surface area contributed by atoms with Crippen LogP contribution in [0.5, 0.6) is 0 Å². The molecular formula is C23H24N6. The molecule has 0 amide bonds. The van der Waals surface area contributed by atoms with Gasteiger partial charge in [0.15, 0.2) is 5.82 Å². The number of nitrogens with one attached hydrogen (secondary N) is 2. The van der Waals surface area contributed by atoms with E-state index < -0.39 is 0 Å². The van der Waals surface area contributed by atoms with Gasteiger partial charge in [-0.05, 0) is 56.3 Å². The molecule has 1 atom stereocenters. The summed E-state index contributed by atoms with van der Waals surface area (Å²) in [6, 6.07) is 8.06. The molecule has 0 saturated heterocycles. The third-order valence-corrected chi connectivity index (χ3v) is 5.64. The molecule has 0 spiro atoms. The fraction of sp³-hybridized carbons (Fsp3) is 0.261. The van der Waals surface area contributed by atoms with Crippen LogP contribution in [0, 0.1) is 6.92 Å². The van der Waals surface area contributed by atoms with Gasteiger partial charge < -0.3 is 9.88 Å². The standard InChI is InChI=1S/C23H24N6/c1-14-16(13-29(2)3)11-24-12-18(14)15-8-9-19-17(10-15)22(28-27-19)23-25-20-6-4-5-7-21(20)26-23/h4-7,9-12,15,27H,8,13H2,1-3H3,(H,25,26). The Labute approximate surface area is 169 Å². The van der Waals surface area contributed by atoms with Gasteiger partial charge in [-0.3, -0.25) is 10.1 Å². The van der Waals surface area contributed by atoms with Gasteiger partial charge in [-0.25, -0.2) is 4.98 Å². The fourth-order valence-electron chi connectivity index (χ4n) is 4.13. The molecule has 146 valence electrons. The number of aromatic nitrogens is 5. The first kappa shape index (κ1) is 17.8. The summed E-state index contributed by atoms with van der Waals surface area (Å²) in [5.41, 5.74) is 6.71. The Kier molecular flexibility index (Phi) is 4.28. The van der Waals surface area contributed by atoms with Crippen LogP contribution < -0.4 is 10.6 Å². The number of hydrogen-bond acceptors (Lipinski definition) is 4. The summed E-state index contributed by atoms with van der Waals surface area (Å²) in [5.74, 6) is 1.07. The van der Waals surface area contributed by atoms with Crippen LogP contribution in [0.15, 0.2) is 36.7 Å². The van der Waals surface area contributed by atoms with Crippen LogP contribution in [0.2, 0.25) is 0 Å². The molecule has 29 heavy (non-hydrogen) atoms. The van der Waals surface area contributed by atoms with E-state index in [1.54, 1.807) is 0 Å². The number of hydrogen-bond donors (Lipinski definition) is 2. The van der Waals surface area contributed by atoms with Crippen molar-refractivity contribution < 1.29 is 0 Å². The Bertz CT molecular complexity index is 1280. The van der Waals surface area contributed by atoms with E-state index in [4.69, 9.17) is 4.98 Å². The predicted molar refractivity (Wildman–Crippen MR) is 116 cm³/mol. The summed E-state index contributed by atoms with van der Waals surface area (Å²) < 4.78 is 0. The molecular weight excluding hydrogens is 360 g/mol. The zero-order valence-corrected chi connectivity index (χ0v) is 16.9. The number of H-pyrrole nitrogens is 2. The Morgan fingerprint density at radius 2 is 2.03 bits per heavy atom. The van der Waals surface area contributed by atoms with E-state index in [0.29, 0.717) is 0 Å². The molecule has 1 aromatic carbocycles. The van der Waals surface area contributed by atoms with Crippen LogP contribution in [0.1, 0.15) is 29.0 Å². The monoisotopic (exact) mass is 384 g/mol. The maximum atomic E-state index is 4.74. The zero-order chi connectivity index (χ0) is 20.0. The second-order valence-electron chi connectivity index (χ2n) is 7.97. The van der Waals surface area contributed by atoms with Crippen molar-refractivity contribution in [3.63, 3.8) is 0 Å². The topological polar surface area (TPSA) is 73.5 Å².